The number of amides is 2. The highest BCUT2D eigenvalue weighted by Gasteiger charge is 2.16. The number of H-pyrrole nitrogens is 1. The van der Waals surface area contributed by atoms with Gasteiger partial charge in [-0.1, -0.05) is 32.9 Å². The van der Waals surface area contributed by atoms with Crippen molar-refractivity contribution in [2.45, 2.75) is 26.2 Å². The molecule has 0 unspecified atom stereocenters. The lowest BCUT2D eigenvalue weighted by Crippen LogP contribution is -2.26. The molecule has 0 saturated carbocycles. The predicted octanol–water partition coefficient (Wildman–Crippen LogP) is 3.49. The molecule has 29 heavy (non-hydrogen) atoms. The number of aromatic amines is 1. The first-order valence-electron chi connectivity index (χ1n) is 9.46. The number of carbonyl (C=O) groups excluding carboxylic acids is 2. The van der Waals surface area contributed by atoms with Crippen LogP contribution in [-0.2, 0) is 10.2 Å². The van der Waals surface area contributed by atoms with Gasteiger partial charge in [-0.3, -0.25) is 9.59 Å². The van der Waals surface area contributed by atoms with Gasteiger partial charge in [-0.25, -0.2) is 4.98 Å². The Balaban J connectivity index is 1.77. The monoisotopic (exact) mass is 394 g/mol. The maximum Gasteiger partial charge on any atom is 0.255 e. The van der Waals surface area contributed by atoms with Gasteiger partial charge in [-0.2, -0.15) is 0 Å². The van der Waals surface area contributed by atoms with Crippen LogP contribution in [-0.4, -0.2) is 42.0 Å². The van der Waals surface area contributed by atoms with E-state index in [1.165, 1.54) is 0 Å². The molecule has 3 aromatic rings. The molecule has 3 rings (SSSR count). The number of hydrogen-bond donors (Lipinski definition) is 3. The zero-order chi connectivity index (χ0) is 21.0. The van der Waals surface area contributed by atoms with E-state index >= 15 is 0 Å². The van der Waals surface area contributed by atoms with Crippen LogP contribution in [0.3, 0.4) is 0 Å². The van der Waals surface area contributed by atoms with Gasteiger partial charge < -0.3 is 20.4 Å². The summed E-state index contributed by atoms with van der Waals surface area (Å²) in [6, 6.07) is 9.29. The molecule has 3 N–H and O–H groups in total. The van der Waals surface area contributed by atoms with E-state index in [1.807, 2.05) is 24.3 Å². The fourth-order valence-electron chi connectivity index (χ4n) is 2.95. The average Bonchev–Trinajstić information content (AvgIpc) is 3.11. The quantitative estimate of drug-likeness (QED) is 0.558. The number of rotatable bonds is 6. The average molecular weight is 394 g/mol. The lowest BCUT2D eigenvalue weighted by molar-refractivity contribution is 0.0938. The summed E-state index contributed by atoms with van der Waals surface area (Å²) in [6.45, 7) is 7.23. The molecule has 0 atom stereocenters. The number of carbonyl (C=O) groups is 2. The summed E-state index contributed by atoms with van der Waals surface area (Å²) in [5, 5.41) is 6.27. The number of aromatic nitrogens is 2. The van der Waals surface area contributed by atoms with Gasteiger partial charge in [-0.15, -0.1) is 0 Å². The first kappa shape index (κ1) is 20.5. The molecular weight excluding hydrogens is 368 g/mol. The van der Waals surface area contributed by atoms with Gasteiger partial charge in [-0.05, 0) is 29.2 Å². The summed E-state index contributed by atoms with van der Waals surface area (Å²) in [6.07, 6.45) is 3.17. The predicted molar refractivity (Wildman–Crippen MR) is 113 cm³/mol. The highest BCUT2D eigenvalue weighted by Crippen LogP contribution is 2.23. The lowest BCUT2D eigenvalue weighted by Gasteiger charge is -2.19. The van der Waals surface area contributed by atoms with Gasteiger partial charge in [0.05, 0.1) is 24.1 Å². The summed E-state index contributed by atoms with van der Waals surface area (Å²) in [4.78, 5) is 32.2. The number of anilines is 1. The molecule has 0 saturated heterocycles. The molecule has 0 bridgehead atoms. The van der Waals surface area contributed by atoms with Crippen LogP contribution in [0.15, 0.2) is 42.7 Å². The zero-order valence-electron chi connectivity index (χ0n) is 17.1. The molecule has 0 radical (unpaired) electrons. The Bertz CT molecular complexity index is 1020. The molecule has 0 aliphatic heterocycles. The molecule has 0 spiro atoms. The van der Waals surface area contributed by atoms with Crippen LogP contribution in [0.4, 0.5) is 5.69 Å². The molecule has 7 nitrogen and oxygen atoms in total. The molecule has 0 aliphatic rings. The number of methoxy groups -OCH3 is 1. The van der Waals surface area contributed by atoms with Crippen LogP contribution >= 0.6 is 0 Å². The fraction of sp³-hybridized carbons (Fsp3) is 0.318. The smallest absolute Gasteiger partial charge is 0.255 e. The summed E-state index contributed by atoms with van der Waals surface area (Å²) in [5.74, 6) is -0.454. The van der Waals surface area contributed by atoms with Gasteiger partial charge >= 0.3 is 0 Å². The molecule has 152 valence electrons. The first-order chi connectivity index (χ1) is 13.8. The number of fused-ring (bicyclic) bond motifs is 1. The highest BCUT2D eigenvalue weighted by molar-refractivity contribution is 6.08. The molecule has 0 aliphatic carbocycles. The van der Waals surface area contributed by atoms with Gasteiger partial charge in [0.1, 0.15) is 5.65 Å². The summed E-state index contributed by atoms with van der Waals surface area (Å²) < 4.78 is 4.95. The largest absolute Gasteiger partial charge is 0.383 e. The molecule has 7 heteroatoms. The Morgan fingerprint density at radius 2 is 1.86 bits per heavy atom. The zero-order valence-corrected chi connectivity index (χ0v) is 17.1. The molecule has 1 aromatic carbocycles. The summed E-state index contributed by atoms with van der Waals surface area (Å²) in [5.41, 5.74) is 3.31. The number of benzene rings is 1. The minimum absolute atomic E-state index is 0.0263. The second-order valence-corrected chi connectivity index (χ2v) is 7.85. The van der Waals surface area contributed by atoms with Crippen molar-refractivity contribution in [3.8, 4) is 0 Å². The summed E-state index contributed by atoms with van der Waals surface area (Å²) in [7, 11) is 1.58. The van der Waals surface area contributed by atoms with E-state index in [4.69, 9.17) is 4.74 Å². The minimum Gasteiger partial charge on any atom is -0.383 e. The van der Waals surface area contributed by atoms with E-state index in [-0.39, 0.29) is 17.2 Å². The fourth-order valence-corrected chi connectivity index (χ4v) is 2.95. The maximum absolute atomic E-state index is 12.6. The van der Waals surface area contributed by atoms with Gasteiger partial charge in [0.15, 0.2) is 0 Å². The Kier molecular flexibility index (Phi) is 5.98. The molecular formula is C22H26N4O3. The van der Waals surface area contributed by atoms with Gasteiger partial charge in [0, 0.05) is 30.8 Å². The Morgan fingerprint density at radius 3 is 2.52 bits per heavy atom. The van der Waals surface area contributed by atoms with Crippen molar-refractivity contribution in [2.75, 3.05) is 25.6 Å². The van der Waals surface area contributed by atoms with Gasteiger partial charge in [0.25, 0.3) is 11.8 Å². The highest BCUT2D eigenvalue weighted by atomic mass is 16.5. The molecule has 0 fully saturated rings. The van der Waals surface area contributed by atoms with Gasteiger partial charge in [0.2, 0.25) is 0 Å². The van der Waals surface area contributed by atoms with Crippen LogP contribution in [0.2, 0.25) is 0 Å². The van der Waals surface area contributed by atoms with Crippen LogP contribution in [0.1, 0.15) is 47.1 Å². The van der Waals surface area contributed by atoms with Crippen LogP contribution in [0.25, 0.3) is 11.0 Å². The first-order valence-corrected chi connectivity index (χ1v) is 9.46. The molecule has 2 heterocycles. The third-order valence-corrected chi connectivity index (χ3v) is 4.64. The van der Waals surface area contributed by atoms with Crippen LogP contribution < -0.4 is 10.6 Å². The van der Waals surface area contributed by atoms with E-state index in [0.29, 0.717) is 41.0 Å². The van der Waals surface area contributed by atoms with E-state index in [2.05, 4.69) is 41.4 Å². The van der Waals surface area contributed by atoms with Crippen LogP contribution in [0.5, 0.6) is 0 Å². The van der Waals surface area contributed by atoms with Crippen molar-refractivity contribution in [1.29, 1.82) is 0 Å². The number of nitrogens with zero attached hydrogens (tertiary/aromatic N) is 1. The van der Waals surface area contributed by atoms with E-state index < -0.39 is 0 Å². The molecule has 2 amide bonds. The lowest BCUT2D eigenvalue weighted by atomic mass is 9.87. The third kappa shape index (κ3) is 4.81. The van der Waals surface area contributed by atoms with E-state index in [0.717, 1.165) is 5.56 Å². The summed E-state index contributed by atoms with van der Waals surface area (Å²) >= 11 is 0. The van der Waals surface area contributed by atoms with Crippen molar-refractivity contribution in [1.82, 2.24) is 15.3 Å². The number of ether oxygens (including phenoxy) is 1. The van der Waals surface area contributed by atoms with E-state index in [9.17, 15) is 9.59 Å². The van der Waals surface area contributed by atoms with Crippen molar-refractivity contribution < 1.29 is 14.3 Å². The number of pyridine rings is 1. The maximum atomic E-state index is 12.6. The van der Waals surface area contributed by atoms with Crippen molar-refractivity contribution >= 4 is 28.5 Å². The van der Waals surface area contributed by atoms with E-state index in [1.54, 1.807) is 25.6 Å². The number of hydrogen-bond acceptors (Lipinski definition) is 4. The number of nitrogens with one attached hydrogen (secondary N) is 3. The minimum atomic E-state index is -0.228. The Labute approximate surface area is 169 Å². The third-order valence-electron chi connectivity index (χ3n) is 4.64. The normalized spacial score (nSPS) is 11.4. The van der Waals surface area contributed by atoms with Crippen molar-refractivity contribution in [3.05, 3.63) is 59.4 Å². The standard InChI is InChI=1S/C22H26N4O3/c1-22(2,3)15-7-5-14(6-8-15)20(27)26-16-11-17-18(13-25-19(17)24-12-16)21(28)23-9-10-29-4/h5-8,11-13H,9-10H2,1-4H3,(H,23,28)(H,24,25)(H,26,27). The Hall–Kier alpha value is -3.19. The second kappa shape index (κ2) is 8.45. The SMILES string of the molecule is COCCNC(=O)c1c[nH]c2ncc(NC(=O)c3ccc(C(C)(C)C)cc3)cc12. The second-order valence-electron chi connectivity index (χ2n) is 7.85. The van der Waals surface area contributed by atoms with Crippen LogP contribution in [0, 0.1) is 0 Å². The Morgan fingerprint density at radius 1 is 1.14 bits per heavy atom. The topological polar surface area (TPSA) is 96.1 Å². The molecule has 2 aromatic heterocycles. The van der Waals surface area contributed by atoms with Crippen molar-refractivity contribution in [3.63, 3.8) is 0 Å². The van der Waals surface area contributed by atoms with Crippen molar-refractivity contribution in [2.24, 2.45) is 0 Å².